The molecule has 0 unspecified atom stereocenters. The average Bonchev–Trinajstić information content (AvgIpc) is 2.93. The van der Waals surface area contributed by atoms with Crippen LogP contribution in [0, 0.1) is 23.7 Å². The zero-order valence-electron chi connectivity index (χ0n) is 22.4. The predicted octanol–water partition coefficient (Wildman–Crippen LogP) is 9.51. The Balaban J connectivity index is 1.43. The van der Waals surface area contributed by atoms with Crippen LogP contribution in [-0.4, -0.2) is 0 Å². The molecule has 0 heteroatoms. The fourth-order valence-electron chi connectivity index (χ4n) is 4.28. The smallest absolute Gasteiger partial charge is 0.0249 e. The fraction of sp³-hybridized carbons (Fsp3) is 0.389. The number of benzene rings is 3. The molecule has 0 amide bonds. The van der Waals surface area contributed by atoms with E-state index >= 15 is 0 Å². The predicted molar refractivity (Wildman–Crippen MR) is 156 cm³/mol. The molecule has 0 N–H and O–H groups in total. The van der Waals surface area contributed by atoms with E-state index in [0.717, 1.165) is 28.7 Å². The van der Waals surface area contributed by atoms with Crippen molar-refractivity contribution in [3.8, 4) is 23.7 Å². The van der Waals surface area contributed by atoms with Gasteiger partial charge in [-0.1, -0.05) is 113 Å². The van der Waals surface area contributed by atoms with Crippen LogP contribution in [0.25, 0.3) is 0 Å². The quantitative estimate of drug-likeness (QED) is 0.181. The van der Waals surface area contributed by atoms with Gasteiger partial charge in [-0.3, -0.25) is 0 Å². The summed E-state index contributed by atoms with van der Waals surface area (Å²) in [7, 11) is 0. The van der Waals surface area contributed by atoms with E-state index in [-0.39, 0.29) is 0 Å². The van der Waals surface area contributed by atoms with Crippen LogP contribution >= 0.6 is 0 Å². The van der Waals surface area contributed by atoms with Gasteiger partial charge >= 0.3 is 0 Å². The Kier molecular flexibility index (Phi) is 12.5. The van der Waals surface area contributed by atoms with Gasteiger partial charge in [-0.15, -0.1) is 0 Å². The summed E-state index contributed by atoms with van der Waals surface area (Å²) in [6.45, 7) is 4.51. The summed E-state index contributed by atoms with van der Waals surface area (Å²) in [6, 6.07) is 25.6. The number of hydrogen-bond donors (Lipinski definition) is 0. The molecule has 3 aromatic carbocycles. The summed E-state index contributed by atoms with van der Waals surface area (Å²) >= 11 is 0. The Morgan fingerprint density at radius 1 is 0.361 bits per heavy atom. The van der Waals surface area contributed by atoms with Crippen LogP contribution in [-0.2, 0) is 12.8 Å². The van der Waals surface area contributed by atoms with Gasteiger partial charge in [0.2, 0.25) is 0 Å². The Morgan fingerprint density at radius 3 is 1.06 bits per heavy atom. The van der Waals surface area contributed by atoms with E-state index in [9.17, 15) is 0 Å². The summed E-state index contributed by atoms with van der Waals surface area (Å²) < 4.78 is 0. The summed E-state index contributed by atoms with van der Waals surface area (Å²) in [5, 5.41) is 0. The molecule has 0 nitrogen and oxygen atoms in total. The second-order valence-electron chi connectivity index (χ2n) is 9.80. The first-order valence-corrected chi connectivity index (χ1v) is 14.1. The molecule has 0 atom stereocenters. The fourth-order valence-corrected chi connectivity index (χ4v) is 4.28. The molecule has 0 aliphatic heterocycles. The Bertz CT molecular complexity index is 1120. The summed E-state index contributed by atoms with van der Waals surface area (Å²) in [6.07, 6.45) is 15.7. The van der Waals surface area contributed by atoms with Crippen LogP contribution in [0.3, 0.4) is 0 Å². The minimum Gasteiger partial charge on any atom is -0.0654 e. The number of hydrogen-bond acceptors (Lipinski definition) is 0. The van der Waals surface area contributed by atoms with E-state index in [0.29, 0.717) is 0 Å². The van der Waals surface area contributed by atoms with Crippen molar-refractivity contribution in [1.82, 2.24) is 0 Å². The number of aryl methyl sites for hydroxylation is 2. The standard InChI is InChI=1S/C36H42/c1-3-5-7-8-9-10-11-12-14-32-17-21-34(22-18-32)24-26-36-29-27-35(28-30-36)25-23-33-19-15-31(16-20-33)13-6-4-2/h15-22,27-30H,3-14H2,1-2H3. The van der Waals surface area contributed by atoms with Crippen molar-refractivity contribution in [3.63, 3.8) is 0 Å². The highest BCUT2D eigenvalue weighted by Crippen LogP contribution is 2.12. The van der Waals surface area contributed by atoms with E-state index in [2.05, 4.69) is 110 Å². The third kappa shape index (κ3) is 10.6. The molecular formula is C36H42. The van der Waals surface area contributed by atoms with Gasteiger partial charge in [0.1, 0.15) is 0 Å². The van der Waals surface area contributed by atoms with E-state index in [1.165, 1.54) is 81.8 Å². The lowest BCUT2D eigenvalue weighted by Crippen LogP contribution is -1.87. The molecular weight excluding hydrogens is 432 g/mol. The van der Waals surface area contributed by atoms with Crippen molar-refractivity contribution < 1.29 is 0 Å². The topological polar surface area (TPSA) is 0 Å². The van der Waals surface area contributed by atoms with Crippen molar-refractivity contribution in [3.05, 3.63) is 106 Å². The molecule has 0 saturated heterocycles. The zero-order chi connectivity index (χ0) is 25.3. The summed E-state index contributed by atoms with van der Waals surface area (Å²) in [4.78, 5) is 0. The molecule has 0 aliphatic carbocycles. The highest BCUT2D eigenvalue weighted by atomic mass is 14.0. The molecule has 3 rings (SSSR count). The van der Waals surface area contributed by atoms with Gasteiger partial charge in [0.25, 0.3) is 0 Å². The van der Waals surface area contributed by atoms with Crippen LogP contribution < -0.4 is 0 Å². The van der Waals surface area contributed by atoms with Gasteiger partial charge in [0.05, 0.1) is 0 Å². The largest absolute Gasteiger partial charge is 0.0654 e. The van der Waals surface area contributed by atoms with Gasteiger partial charge in [-0.05, 0) is 85.3 Å². The minimum absolute atomic E-state index is 1.01. The van der Waals surface area contributed by atoms with Crippen LogP contribution in [0.2, 0.25) is 0 Å². The normalized spacial score (nSPS) is 10.3. The maximum Gasteiger partial charge on any atom is 0.0249 e. The Hall–Kier alpha value is -3.22. The van der Waals surface area contributed by atoms with E-state index in [1.54, 1.807) is 0 Å². The van der Waals surface area contributed by atoms with Crippen molar-refractivity contribution in [1.29, 1.82) is 0 Å². The van der Waals surface area contributed by atoms with Crippen molar-refractivity contribution in [2.45, 2.75) is 90.9 Å². The molecule has 186 valence electrons. The lowest BCUT2D eigenvalue weighted by molar-refractivity contribution is 0.575. The van der Waals surface area contributed by atoms with Crippen LogP contribution in [0.5, 0.6) is 0 Å². The first-order chi connectivity index (χ1) is 17.8. The van der Waals surface area contributed by atoms with Crippen LogP contribution in [0.4, 0.5) is 0 Å². The van der Waals surface area contributed by atoms with Gasteiger partial charge < -0.3 is 0 Å². The summed E-state index contributed by atoms with van der Waals surface area (Å²) in [5.41, 5.74) is 6.98. The molecule has 36 heavy (non-hydrogen) atoms. The molecule has 0 bridgehead atoms. The maximum absolute atomic E-state index is 3.30. The minimum atomic E-state index is 1.01. The molecule has 0 spiro atoms. The monoisotopic (exact) mass is 474 g/mol. The zero-order valence-corrected chi connectivity index (χ0v) is 22.4. The average molecular weight is 475 g/mol. The molecule has 3 aromatic rings. The highest BCUT2D eigenvalue weighted by Gasteiger charge is 1.96. The molecule has 0 aromatic heterocycles. The molecule has 0 fully saturated rings. The molecule has 0 saturated carbocycles. The lowest BCUT2D eigenvalue weighted by atomic mass is 10.0. The van der Waals surface area contributed by atoms with Crippen molar-refractivity contribution in [2.75, 3.05) is 0 Å². The van der Waals surface area contributed by atoms with Gasteiger partial charge in [0, 0.05) is 22.3 Å². The van der Waals surface area contributed by atoms with Crippen LogP contribution in [0.15, 0.2) is 72.8 Å². The van der Waals surface area contributed by atoms with Gasteiger partial charge in [-0.2, -0.15) is 0 Å². The molecule has 0 radical (unpaired) electrons. The van der Waals surface area contributed by atoms with Crippen molar-refractivity contribution in [2.24, 2.45) is 0 Å². The third-order valence-electron chi connectivity index (χ3n) is 6.63. The Labute approximate surface area is 220 Å². The van der Waals surface area contributed by atoms with Gasteiger partial charge in [0.15, 0.2) is 0 Å². The molecule has 0 aliphatic rings. The second-order valence-corrected chi connectivity index (χ2v) is 9.80. The first-order valence-electron chi connectivity index (χ1n) is 14.1. The lowest BCUT2D eigenvalue weighted by Gasteiger charge is -2.03. The van der Waals surface area contributed by atoms with E-state index in [1.807, 2.05) is 0 Å². The number of unbranched alkanes of at least 4 members (excludes halogenated alkanes) is 8. The second kappa shape index (κ2) is 16.5. The van der Waals surface area contributed by atoms with E-state index in [4.69, 9.17) is 0 Å². The van der Waals surface area contributed by atoms with Crippen LogP contribution in [0.1, 0.15) is 111 Å². The Morgan fingerprint density at radius 2 is 0.667 bits per heavy atom. The SMILES string of the molecule is CCCCCCCCCCc1ccc(C#Cc2ccc(C#Cc3ccc(CCCC)cc3)cc2)cc1. The van der Waals surface area contributed by atoms with E-state index < -0.39 is 0 Å². The van der Waals surface area contributed by atoms with Gasteiger partial charge in [-0.25, -0.2) is 0 Å². The third-order valence-corrected chi connectivity index (χ3v) is 6.63. The molecule has 0 heterocycles. The van der Waals surface area contributed by atoms with Crippen molar-refractivity contribution >= 4 is 0 Å². The summed E-state index contributed by atoms with van der Waals surface area (Å²) in [5.74, 6) is 13.1. The number of rotatable bonds is 12. The highest BCUT2D eigenvalue weighted by molar-refractivity contribution is 5.48. The first kappa shape index (κ1) is 27.4. The maximum atomic E-state index is 3.30.